The third kappa shape index (κ3) is 5.28. The molecule has 2 rings (SSSR count). The fourth-order valence-corrected chi connectivity index (χ4v) is 4.23. The van der Waals surface area contributed by atoms with Crippen LogP contribution in [-0.4, -0.2) is 50.3 Å². The van der Waals surface area contributed by atoms with Crippen LogP contribution in [0.25, 0.3) is 0 Å². The van der Waals surface area contributed by atoms with Gasteiger partial charge in [0.05, 0.1) is 10.5 Å². The average Bonchev–Trinajstić information content (AvgIpc) is 2.66. The lowest BCUT2D eigenvalue weighted by Gasteiger charge is -2.25. The van der Waals surface area contributed by atoms with Gasteiger partial charge in [0.2, 0.25) is 10.0 Å². The second-order valence-electron chi connectivity index (χ2n) is 6.45. The Morgan fingerprint density at radius 3 is 2.58 bits per heavy atom. The summed E-state index contributed by atoms with van der Waals surface area (Å²) in [5.74, 6) is -1.11. The average molecular weight is 382 g/mol. The van der Waals surface area contributed by atoms with Crippen LogP contribution in [0.15, 0.2) is 29.2 Å². The SMILES string of the molecule is CC[C@H](C)NC(=O)COC(=O)c1cccc(S(=O)(=O)N2CCCCC2)c1. The molecule has 1 N–H and O–H groups in total. The molecular weight excluding hydrogens is 356 g/mol. The number of benzene rings is 1. The number of hydrogen-bond acceptors (Lipinski definition) is 5. The van der Waals surface area contributed by atoms with Crippen LogP contribution in [0.2, 0.25) is 0 Å². The third-order valence-corrected chi connectivity index (χ3v) is 6.27. The molecule has 0 radical (unpaired) electrons. The first kappa shape index (κ1) is 20.4. The summed E-state index contributed by atoms with van der Waals surface area (Å²) in [6.45, 7) is 4.38. The number of rotatable bonds is 7. The third-order valence-electron chi connectivity index (χ3n) is 4.38. The molecule has 0 saturated carbocycles. The normalized spacial score (nSPS) is 16.7. The highest BCUT2D eigenvalue weighted by Crippen LogP contribution is 2.21. The monoisotopic (exact) mass is 382 g/mol. The quantitative estimate of drug-likeness (QED) is 0.728. The van der Waals surface area contributed by atoms with Crippen molar-refractivity contribution in [2.75, 3.05) is 19.7 Å². The van der Waals surface area contributed by atoms with Crippen molar-refractivity contribution in [3.8, 4) is 0 Å². The molecule has 1 aliphatic rings. The van der Waals surface area contributed by atoms with Gasteiger partial charge in [0.15, 0.2) is 6.61 Å². The fraction of sp³-hybridized carbons (Fsp3) is 0.556. The van der Waals surface area contributed by atoms with Crippen molar-refractivity contribution in [3.63, 3.8) is 0 Å². The maximum absolute atomic E-state index is 12.7. The highest BCUT2D eigenvalue weighted by Gasteiger charge is 2.26. The summed E-state index contributed by atoms with van der Waals surface area (Å²) in [5, 5.41) is 2.70. The van der Waals surface area contributed by atoms with Crippen molar-refractivity contribution in [3.05, 3.63) is 29.8 Å². The minimum atomic E-state index is -3.62. The highest BCUT2D eigenvalue weighted by atomic mass is 32.2. The molecule has 144 valence electrons. The molecule has 0 unspecified atom stereocenters. The predicted molar refractivity (Wildman–Crippen MR) is 97.2 cm³/mol. The fourth-order valence-electron chi connectivity index (χ4n) is 2.67. The maximum atomic E-state index is 12.7. The van der Waals surface area contributed by atoms with Crippen molar-refractivity contribution in [2.45, 2.75) is 50.5 Å². The van der Waals surface area contributed by atoms with Crippen molar-refractivity contribution >= 4 is 21.9 Å². The lowest BCUT2D eigenvalue weighted by atomic mass is 10.2. The van der Waals surface area contributed by atoms with E-state index in [1.165, 1.54) is 28.6 Å². The molecule has 1 atom stereocenters. The van der Waals surface area contributed by atoms with Gasteiger partial charge in [-0.25, -0.2) is 13.2 Å². The molecule has 1 aromatic carbocycles. The van der Waals surface area contributed by atoms with Gasteiger partial charge >= 0.3 is 5.97 Å². The molecule has 1 amide bonds. The Hall–Kier alpha value is -1.93. The first-order valence-corrected chi connectivity index (χ1v) is 10.3. The molecule has 1 aromatic rings. The molecule has 0 bridgehead atoms. The molecule has 0 aromatic heterocycles. The number of carbonyl (C=O) groups excluding carboxylic acids is 2. The number of carbonyl (C=O) groups is 2. The van der Waals surface area contributed by atoms with E-state index < -0.39 is 22.6 Å². The summed E-state index contributed by atoms with van der Waals surface area (Å²) in [5.41, 5.74) is 0.111. The van der Waals surface area contributed by atoms with Crippen LogP contribution in [0, 0.1) is 0 Å². The second-order valence-corrected chi connectivity index (χ2v) is 8.38. The van der Waals surface area contributed by atoms with Crippen molar-refractivity contribution in [1.82, 2.24) is 9.62 Å². The Labute approximate surface area is 154 Å². The Bertz CT molecular complexity index is 742. The van der Waals surface area contributed by atoms with E-state index in [2.05, 4.69) is 5.32 Å². The summed E-state index contributed by atoms with van der Waals surface area (Å²) in [4.78, 5) is 23.9. The molecule has 1 aliphatic heterocycles. The lowest BCUT2D eigenvalue weighted by Crippen LogP contribution is -2.36. The zero-order chi connectivity index (χ0) is 19.2. The lowest BCUT2D eigenvalue weighted by molar-refractivity contribution is -0.124. The van der Waals surface area contributed by atoms with Crippen molar-refractivity contribution in [1.29, 1.82) is 0 Å². The van der Waals surface area contributed by atoms with Crippen molar-refractivity contribution < 1.29 is 22.7 Å². The topological polar surface area (TPSA) is 92.8 Å². The predicted octanol–water partition coefficient (Wildman–Crippen LogP) is 1.93. The van der Waals surface area contributed by atoms with E-state index in [1.807, 2.05) is 13.8 Å². The van der Waals surface area contributed by atoms with Gasteiger partial charge in [-0.3, -0.25) is 4.79 Å². The summed E-state index contributed by atoms with van der Waals surface area (Å²) < 4.78 is 31.8. The highest BCUT2D eigenvalue weighted by molar-refractivity contribution is 7.89. The van der Waals surface area contributed by atoms with Gasteiger partial charge in [-0.05, 0) is 44.4 Å². The van der Waals surface area contributed by atoms with Crippen LogP contribution >= 0.6 is 0 Å². The number of hydrogen-bond donors (Lipinski definition) is 1. The zero-order valence-electron chi connectivity index (χ0n) is 15.2. The minimum absolute atomic E-state index is 0.000726. The van der Waals surface area contributed by atoms with Gasteiger partial charge < -0.3 is 10.1 Å². The number of amides is 1. The summed E-state index contributed by atoms with van der Waals surface area (Å²) in [6.07, 6.45) is 3.48. The summed E-state index contributed by atoms with van der Waals surface area (Å²) in [7, 11) is -3.62. The first-order valence-electron chi connectivity index (χ1n) is 8.91. The Balaban J connectivity index is 2.03. The molecule has 8 heteroatoms. The molecule has 0 aliphatic carbocycles. The standard InChI is InChI=1S/C18H26N2O5S/c1-3-14(2)19-17(21)13-25-18(22)15-8-7-9-16(12-15)26(23,24)20-10-5-4-6-11-20/h7-9,12,14H,3-6,10-11,13H2,1-2H3,(H,19,21)/t14-/m0/s1. The van der Waals surface area contributed by atoms with Crippen molar-refractivity contribution in [2.24, 2.45) is 0 Å². The smallest absolute Gasteiger partial charge is 0.338 e. The van der Waals surface area contributed by atoms with Crippen LogP contribution in [0.4, 0.5) is 0 Å². The number of nitrogens with zero attached hydrogens (tertiary/aromatic N) is 1. The van der Waals surface area contributed by atoms with Crippen LogP contribution in [-0.2, 0) is 19.6 Å². The minimum Gasteiger partial charge on any atom is -0.452 e. The molecule has 26 heavy (non-hydrogen) atoms. The zero-order valence-corrected chi connectivity index (χ0v) is 16.0. The van der Waals surface area contributed by atoms with Gasteiger partial charge in [-0.2, -0.15) is 4.31 Å². The van der Waals surface area contributed by atoms with Gasteiger partial charge in [-0.1, -0.05) is 19.4 Å². The largest absolute Gasteiger partial charge is 0.452 e. The van der Waals surface area contributed by atoms with E-state index in [0.717, 1.165) is 25.7 Å². The number of sulfonamides is 1. The van der Waals surface area contributed by atoms with Gasteiger partial charge in [0.25, 0.3) is 5.91 Å². The molecular formula is C18H26N2O5S. The van der Waals surface area contributed by atoms with Crippen LogP contribution in [0.1, 0.15) is 49.9 Å². The molecule has 0 spiro atoms. The number of piperidine rings is 1. The molecule has 7 nitrogen and oxygen atoms in total. The molecule has 1 fully saturated rings. The van der Waals surface area contributed by atoms with E-state index in [0.29, 0.717) is 13.1 Å². The van der Waals surface area contributed by atoms with E-state index in [1.54, 1.807) is 0 Å². The van der Waals surface area contributed by atoms with Crippen LogP contribution in [0.5, 0.6) is 0 Å². The maximum Gasteiger partial charge on any atom is 0.338 e. The summed E-state index contributed by atoms with van der Waals surface area (Å²) >= 11 is 0. The Morgan fingerprint density at radius 2 is 1.92 bits per heavy atom. The number of esters is 1. The molecule has 1 saturated heterocycles. The Kier molecular flexibility index (Phi) is 7.16. The van der Waals surface area contributed by atoms with Gasteiger partial charge in [-0.15, -0.1) is 0 Å². The van der Waals surface area contributed by atoms with E-state index in [-0.39, 0.29) is 22.4 Å². The first-order chi connectivity index (χ1) is 12.3. The van der Waals surface area contributed by atoms with Crippen LogP contribution in [0.3, 0.4) is 0 Å². The van der Waals surface area contributed by atoms with Gasteiger partial charge in [0, 0.05) is 19.1 Å². The van der Waals surface area contributed by atoms with Crippen LogP contribution < -0.4 is 5.32 Å². The van der Waals surface area contributed by atoms with Gasteiger partial charge in [0.1, 0.15) is 0 Å². The number of ether oxygens (including phenoxy) is 1. The Morgan fingerprint density at radius 1 is 1.23 bits per heavy atom. The molecule has 1 heterocycles. The van der Waals surface area contributed by atoms with E-state index in [9.17, 15) is 18.0 Å². The summed E-state index contributed by atoms with van der Waals surface area (Å²) in [6, 6.07) is 5.76. The van der Waals surface area contributed by atoms with E-state index >= 15 is 0 Å². The van der Waals surface area contributed by atoms with E-state index in [4.69, 9.17) is 4.74 Å². The number of nitrogens with one attached hydrogen (secondary N) is 1. The second kappa shape index (κ2) is 9.14.